The van der Waals surface area contributed by atoms with Gasteiger partial charge in [0.2, 0.25) is 0 Å². The Balaban J connectivity index is 1.13. The molecule has 0 unspecified atom stereocenters. The summed E-state index contributed by atoms with van der Waals surface area (Å²) in [5.74, 6) is 1.15. The van der Waals surface area contributed by atoms with Crippen LogP contribution in [0.2, 0.25) is 0 Å². The Labute approximate surface area is 210 Å². The second-order valence-corrected chi connectivity index (χ2v) is 10.1. The lowest BCUT2D eigenvalue weighted by molar-refractivity contribution is -0.134. The zero-order chi connectivity index (χ0) is 25.5. The third kappa shape index (κ3) is 8.21. The predicted molar refractivity (Wildman–Crippen MR) is 130 cm³/mol. The summed E-state index contributed by atoms with van der Waals surface area (Å²) in [7, 11) is 1.80. The number of carbonyl (C=O) groups excluding carboxylic acids is 1. The molecule has 1 amide bonds. The van der Waals surface area contributed by atoms with Gasteiger partial charge in [0, 0.05) is 50.4 Å². The number of pyridine rings is 1. The van der Waals surface area contributed by atoms with Crippen molar-refractivity contribution in [1.29, 1.82) is 0 Å². The molecule has 36 heavy (non-hydrogen) atoms. The number of hydrogen-bond donors (Lipinski definition) is 1. The largest absolute Gasteiger partial charge is 0.480 e. The molecular weight excluding hydrogens is 471 g/mol. The molecule has 0 atom stereocenters. The minimum Gasteiger partial charge on any atom is -0.480 e. The number of carbonyl (C=O) groups is 1. The van der Waals surface area contributed by atoms with Crippen molar-refractivity contribution >= 4 is 5.91 Å². The lowest BCUT2D eigenvalue weighted by Gasteiger charge is -2.30. The first-order valence-electron chi connectivity index (χ1n) is 12.9. The molecule has 7 nitrogen and oxygen atoms in total. The van der Waals surface area contributed by atoms with Gasteiger partial charge < -0.3 is 15.0 Å². The molecule has 0 bridgehead atoms. The van der Waals surface area contributed by atoms with E-state index in [0.717, 1.165) is 75.8 Å². The Hall–Kier alpha value is -2.62. The van der Waals surface area contributed by atoms with Gasteiger partial charge in [-0.05, 0) is 69.0 Å². The molecule has 0 aromatic carbocycles. The van der Waals surface area contributed by atoms with Gasteiger partial charge in [-0.15, -0.1) is 0 Å². The van der Waals surface area contributed by atoms with E-state index in [9.17, 15) is 18.0 Å². The van der Waals surface area contributed by atoms with Gasteiger partial charge in [-0.25, -0.2) is 0 Å². The minimum absolute atomic E-state index is 0.00164. The van der Waals surface area contributed by atoms with Gasteiger partial charge in [0.05, 0.1) is 12.4 Å². The third-order valence-corrected chi connectivity index (χ3v) is 7.27. The lowest BCUT2D eigenvalue weighted by Crippen LogP contribution is -2.40. The molecule has 1 N–H and O–H groups in total. The number of halogens is 3. The Morgan fingerprint density at radius 3 is 2.67 bits per heavy atom. The van der Waals surface area contributed by atoms with Crippen molar-refractivity contribution in [2.75, 3.05) is 26.2 Å². The van der Waals surface area contributed by atoms with Gasteiger partial charge in [-0.3, -0.25) is 14.5 Å². The zero-order valence-corrected chi connectivity index (χ0v) is 20.9. The highest BCUT2D eigenvalue weighted by Gasteiger charge is 2.27. The molecule has 1 aliphatic heterocycles. The number of aryl methyl sites for hydroxylation is 2. The van der Waals surface area contributed by atoms with Crippen molar-refractivity contribution < 1.29 is 22.7 Å². The van der Waals surface area contributed by atoms with Crippen molar-refractivity contribution in [3.05, 3.63) is 41.5 Å². The smallest absolute Gasteiger partial charge is 0.389 e. The maximum atomic E-state index is 12.5. The molecule has 10 heteroatoms. The van der Waals surface area contributed by atoms with E-state index >= 15 is 0 Å². The fraction of sp³-hybridized carbons (Fsp3) is 0.654. The predicted octanol–water partition coefficient (Wildman–Crippen LogP) is 3.85. The number of hydrogen-bond acceptors (Lipinski definition) is 5. The first-order chi connectivity index (χ1) is 17.2. The number of ether oxygens (including phenoxy) is 1. The lowest BCUT2D eigenvalue weighted by atomic mass is 9.84. The monoisotopic (exact) mass is 507 g/mol. The van der Waals surface area contributed by atoms with Crippen LogP contribution < -0.4 is 10.1 Å². The average molecular weight is 508 g/mol. The standard InChI is InChI=1S/C26H36F3N5O2/c1-33-17-23(16-30-33)36-18-25(35)32-21-5-2-19(3-6-21)9-13-34-14-10-20-4-7-22(8-12-26(27,28)29)31-24(20)11-15-34/h4,7,16-17,19,21H,2-3,5-6,8-15,18H2,1H3,(H,32,35). The quantitative estimate of drug-likeness (QED) is 0.558. The van der Waals surface area contributed by atoms with E-state index in [1.165, 1.54) is 0 Å². The molecule has 1 saturated carbocycles. The van der Waals surface area contributed by atoms with Crippen molar-refractivity contribution in [1.82, 2.24) is 25.0 Å². The van der Waals surface area contributed by atoms with Crippen molar-refractivity contribution in [3.63, 3.8) is 0 Å². The van der Waals surface area contributed by atoms with E-state index < -0.39 is 12.6 Å². The summed E-state index contributed by atoms with van der Waals surface area (Å²) >= 11 is 0. The van der Waals surface area contributed by atoms with Crippen LogP contribution in [0.1, 0.15) is 55.5 Å². The Morgan fingerprint density at radius 2 is 1.94 bits per heavy atom. The van der Waals surface area contributed by atoms with Crippen LogP contribution in [0.25, 0.3) is 0 Å². The molecule has 4 rings (SSSR count). The summed E-state index contributed by atoms with van der Waals surface area (Å²) < 4.78 is 44.7. The number of amides is 1. The molecule has 1 aliphatic carbocycles. The fourth-order valence-corrected chi connectivity index (χ4v) is 5.16. The van der Waals surface area contributed by atoms with Crippen LogP contribution in [0.5, 0.6) is 5.75 Å². The molecule has 198 valence electrons. The van der Waals surface area contributed by atoms with Crippen molar-refractivity contribution in [2.45, 2.75) is 70.0 Å². The van der Waals surface area contributed by atoms with E-state index in [2.05, 4.69) is 20.3 Å². The van der Waals surface area contributed by atoms with Gasteiger partial charge in [-0.2, -0.15) is 18.3 Å². The maximum Gasteiger partial charge on any atom is 0.389 e. The topological polar surface area (TPSA) is 72.3 Å². The summed E-state index contributed by atoms with van der Waals surface area (Å²) in [4.78, 5) is 19.2. The third-order valence-electron chi connectivity index (χ3n) is 7.27. The molecule has 3 heterocycles. The molecule has 1 fully saturated rings. The number of alkyl halides is 3. The summed E-state index contributed by atoms with van der Waals surface area (Å²) in [6, 6.07) is 3.92. The normalized spacial score (nSPS) is 21.0. The average Bonchev–Trinajstić information content (AvgIpc) is 3.15. The van der Waals surface area contributed by atoms with Gasteiger partial charge in [0.15, 0.2) is 12.4 Å². The maximum absolute atomic E-state index is 12.5. The summed E-state index contributed by atoms with van der Waals surface area (Å²) in [5.41, 5.74) is 2.66. The molecular formula is C26H36F3N5O2. The Kier molecular flexibility index (Phi) is 8.87. The van der Waals surface area contributed by atoms with Crippen LogP contribution >= 0.6 is 0 Å². The second-order valence-electron chi connectivity index (χ2n) is 10.1. The van der Waals surface area contributed by atoms with Crippen LogP contribution in [0, 0.1) is 5.92 Å². The van der Waals surface area contributed by atoms with Gasteiger partial charge in [0.25, 0.3) is 5.91 Å². The number of rotatable bonds is 9. The van der Waals surface area contributed by atoms with Gasteiger partial charge in [-0.1, -0.05) is 6.07 Å². The summed E-state index contributed by atoms with van der Waals surface area (Å²) in [6.45, 7) is 2.88. The van der Waals surface area contributed by atoms with Crippen molar-refractivity contribution in [3.8, 4) is 5.75 Å². The van der Waals surface area contributed by atoms with E-state index in [-0.39, 0.29) is 25.0 Å². The first kappa shape index (κ1) is 26.4. The van der Waals surface area contributed by atoms with Crippen LogP contribution in [0.4, 0.5) is 13.2 Å². The van der Waals surface area contributed by atoms with E-state index in [1.54, 1.807) is 30.2 Å². The van der Waals surface area contributed by atoms with Crippen LogP contribution in [0.15, 0.2) is 24.5 Å². The Bertz CT molecular complexity index is 1000. The molecule has 0 radical (unpaired) electrons. The molecule has 0 spiro atoms. The molecule has 2 aromatic rings. The fourth-order valence-electron chi connectivity index (χ4n) is 5.16. The Morgan fingerprint density at radius 1 is 1.17 bits per heavy atom. The van der Waals surface area contributed by atoms with Crippen LogP contribution in [0.3, 0.4) is 0 Å². The number of fused-ring (bicyclic) bond motifs is 1. The highest BCUT2D eigenvalue weighted by Crippen LogP contribution is 2.28. The summed E-state index contributed by atoms with van der Waals surface area (Å²) in [6.07, 6.45) is 5.28. The van der Waals surface area contributed by atoms with Gasteiger partial charge >= 0.3 is 6.18 Å². The number of nitrogens with one attached hydrogen (secondary N) is 1. The number of aromatic nitrogens is 3. The van der Waals surface area contributed by atoms with Crippen LogP contribution in [-0.4, -0.2) is 64.0 Å². The van der Waals surface area contributed by atoms with Crippen molar-refractivity contribution in [2.24, 2.45) is 13.0 Å². The minimum atomic E-state index is -4.15. The zero-order valence-electron chi connectivity index (χ0n) is 20.9. The van der Waals surface area contributed by atoms with E-state index in [0.29, 0.717) is 17.4 Å². The summed E-state index contributed by atoms with van der Waals surface area (Å²) in [5, 5.41) is 7.11. The number of nitrogens with zero attached hydrogens (tertiary/aromatic N) is 4. The van der Waals surface area contributed by atoms with Gasteiger partial charge in [0.1, 0.15) is 0 Å². The van der Waals surface area contributed by atoms with Crippen LogP contribution in [-0.2, 0) is 31.1 Å². The molecule has 2 aromatic heterocycles. The SMILES string of the molecule is Cn1cc(OCC(=O)NC2CCC(CCN3CCc4ccc(CCC(F)(F)F)nc4CC3)CC2)cn1. The molecule has 0 saturated heterocycles. The second kappa shape index (κ2) is 12.1. The van der Waals surface area contributed by atoms with E-state index in [4.69, 9.17) is 4.74 Å². The highest BCUT2D eigenvalue weighted by molar-refractivity contribution is 5.77. The highest BCUT2D eigenvalue weighted by atomic mass is 19.4. The van der Waals surface area contributed by atoms with E-state index in [1.807, 2.05) is 6.07 Å². The first-order valence-corrected chi connectivity index (χ1v) is 12.9. The molecule has 2 aliphatic rings.